The van der Waals surface area contributed by atoms with Crippen molar-refractivity contribution in [3.8, 4) is 0 Å². The molecule has 19 heavy (non-hydrogen) atoms. The van der Waals surface area contributed by atoms with Gasteiger partial charge in [-0.25, -0.2) is 4.39 Å². The zero-order valence-electron chi connectivity index (χ0n) is 11.5. The van der Waals surface area contributed by atoms with E-state index in [2.05, 4.69) is 0 Å². The first kappa shape index (κ1) is 14.6. The van der Waals surface area contributed by atoms with Crippen LogP contribution >= 0.6 is 11.6 Å². The minimum atomic E-state index is -0.499. The highest BCUT2D eigenvalue weighted by atomic mass is 35.5. The molecule has 0 bridgehead atoms. The third-order valence-corrected chi connectivity index (χ3v) is 4.02. The third kappa shape index (κ3) is 2.86. The molecule has 1 aliphatic heterocycles. The second-order valence-corrected chi connectivity index (χ2v) is 6.03. The van der Waals surface area contributed by atoms with Crippen LogP contribution in [0.15, 0.2) is 24.2 Å². The van der Waals surface area contributed by atoms with E-state index in [-0.39, 0.29) is 5.82 Å². The molecule has 0 unspecified atom stereocenters. The van der Waals surface area contributed by atoms with E-state index < -0.39 is 18.3 Å². The maximum atomic E-state index is 13.6. The van der Waals surface area contributed by atoms with E-state index in [0.717, 1.165) is 0 Å². The molecule has 0 N–H and O–H groups in total. The number of rotatable bonds is 2. The molecule has 2 rings (SSSR count). The van der Waals surface area contributed by atoms with Crippen LogP contribution in [0.2, 0.25) is 5.02 Å². The number of benzene rings is 1. The van der Waals surface area contributed by atoms with E-state index in [1.54, 1.807) is 24.2 Å². The van der Waals surface area contributed by atoms with Crippen molar-refractivity contribution in [2.24, 2.45) is 0 Å². The molecule has 1 aliphatic rings. The van der Waals surface area contributed by atoms with Crippen molar-refractivity contribution >= 4 is 24.8 Å². The van der Waals surface area contributed by atoms with E-state index in [1.165, 1.54) is 6.07 Å². The molecule has 1 fully saturated rings. The van der Waals surface area contributed by atoms with Gasteiger partial charge in [0.1, 0.15) is 5.82 Å². The highest BCUT2D eigenvalue weighted by Crippen LogP contribution is 2.37. The molecule has 0 aliphatic carbocycles. The standard InChI is InChI=1S/C14H17BClFO2/c1-13(2)14(3,4)19-15(18-13)9-8-10-11(16)6-5-7-12(10)17/h5-9H,1-4H3. The van der Waals surface area contributed by atoms with Crippen molar-refractivity contribution in [2.45, 2.75) is 38.9 Å². The Balaban J connectivity index is 2.18. The van der Waals surface area contributed by atoms with E-state index in [1.807, 2.05) is 27.7 Å². The van der Waals surface area contributed by atoms with Crippen molar-refractivity contribution in [2.75, 3.05) is 0 Å². The van der Waals surface area contributed by atoms with Crippen LogP contribution in [0.1, 0.15) is 33.3 Å². The van der Waals surface area contributed by atoms with E-state index in [0.29, 0.717) is 10.6 Å². The lowest BCUT2D eigenvalue weighted by molar-refractivity contribution is 0.00578. The summed E-state index contributed by atoms with van der Waals surface area (Å²) in [6.45, 7) is 7.88. The lowest BCUT2D eigenvalue weighted by Gasteiger charge is -2.32. The molecule has 1 aromatic carbocycles. The van der Waals surface area contributed by atoms with Gasteiger partial charge in [0.25, 0.3) is 0 Å². The predicted molar refractivity (Wildman–Crippen MR) is 76.5 cm³/mol. The molecule has 0 saturated carbocycles. The van der Waals surface area contributed by atoms with Crippen LogP contribution in [0.4, 0.5) is 4.39 Å². The summed E-state index contributed by atoms with van der Waals surface area (Å²) < 4.78 is 25.2. The van der Waals surface area contributed by atoms with Crippen molar-refractivity contribution < 1.29 is 13.7 Å². The normalized spacial score (nSPS) is 21.3. The average molecular weight is 283 g/mol. The molecule has 1 saturated heterocycles. The fraction of sp³-hybridized carbons (Fsp3) is 0.429. The molecule has 0 atom stereocenters. The van der Waals surface area contributed by atoms with Gasteiger partial charge in [-0.15, -0.1) is 0 Å². The van der Waals surface area contributed by atoms with Gasteiger partial charge in [0.05, 0.1) is 16.2 Å². The smallest absolute Gasteiger partial charge is 0.400 e. The van der Waals surface area contributed by atoms with Gasteiger partial charge in [-0.1, -0.05) is 29.7 Å². The van der Waals surface area contributed by atoms with Gasteiger partial charge in [0.2, 0.25) is 0 Å². The van der Waals surface area contributed by atoms with Crippen LogP contribution in [0, 0.1) is 5.82 Å². The van der Waals surface area contributed by atoms with E-state index in [9.17, 15) is 4.39 Å². The fourth-order valence-electron chi connectivity index (χ4n) is 1.81. The van der Waals surface area contributed by atoms with Crippen LogP contribution in [-0.2, 0) is 9.31 Å². The Labute approximate surface area is 118 Å². The van der Waals surface area contributed by atoms with Crippen molar-refractivity contribution in [1.82, 2.24) is 0 Å². The Kier molecular flexibility index (Phi) is 3.78. The third-order valence-electron chi connectivity index (χ3n) is 3.69. The molecule has 0 amide bonds. The molecular weight excluding hydrogens is 265 g/mol. The van der Waals surface area contributed by atoms with Crippen LogP contribution in [0.5, 0.6) is 0 Å². The minimum absolute atomic E-state index is 0.346. The summed E-state index contributed by atoms with van der Waals surface area (Å²) >= 11 is 5.95. The summed E-state index contributed by atoms with van der Waals surface area (Å²) in [7, 11) is -0.499. The Bertz CT molecular complexity index is 478. The lowest BCUT2D eigenvalue weighted by Crippen LogP contribution is -2.41. The summed E-state index contributed by atoms with van der Waals surface area (Å²) in [5.41, 5.74) is -0.457. The van der Waals surface area contributed by atoms with Crippen LogP contribution in [0.3, 0.4) is 0 Å². The summed E-state index contributed by atoms with van der Waals surface area (Å²) in [4.78, 5) is 0. The zero-order chi connectivity index (χ0) is 14.3. The predicted octanol–water partition coefficient (Wildman–Crippen LogP) is 4.12. The zero-order valence-corrected chi connectivity index (χ0v) is 12.3. The molecule has 2 nitrogen and oxygen atoms in total. The number of hydrogen-bond acceptors (Lipinski definition) is 2. The van der Waals surface area contributed by atoms with Crippen molar-refractivity contribution in [1.29, 1.82) is 0 Å². The van der Waals surface area contributed by atoms with Crippen LogP contribution in [-0.4, -0.2) is 18.3 Å². The van der Waals surface area contributed by atoms with Gasteiger partial charge < -0.3 is 9.31 Å². The molecule has 5 heteroatoms. The lowest BCUT2D eigenvalue weighted by atomic mass is 9.89. The molecule has 102 valence electrons. The average Bonchev–Trinajstić information content (AvgIpc) is 2.46. The second-order valence-electron chi connectivity index (χ2n) is 5.62. The van der Waals surface area contributed by atoms with Gasteiger partial charge >= 0.3 is 7.12 Å². The number of hydrogen-bond donors (Lipinski definition) is 0. The Morgan fingerprint density at radius 2 is 1.74 bits per heavy atom. The van der Waals surface area contributed by atoms with Crippen molar-refractivity contribution in [3.05, 3.63) is 40.6 Å². The maximum absolute atomic E-state index is 13.6. The summed E-state index contributed by atoms with van der Waals surface area (Å²) in [6, 6.07) is 4.59. The van der Waals surface area contributed by atoms with Gasteiger partial charge in [0.15, 0.2) is 0 Å². The van der Waals surface area contributed by atoms with Crippen molar-refractivity contribution in [3.63, 3.8) is 0 Å². The van der Waals surface area contributed by atoms with Gasteiger partial charge in [-0.2, -0.15) is 0 Å². The summed E-state index contributed by atoms with van der Waals surface area (Å²) in [5, 5.41) is 0.368. The Morgan fingerprint density at radius 1 is 1.16 bits per heavy atom. The summed E-state index contributed by atoms with van der Waals surface area (Å²) in [6.07, 6.45) is 1.60. The Hall–Kier alpha value is -0.835. The summed E-state index contributed by atoms with van der Waals surface area (Å²) in [5.74, 6) is 1.32. The fourth-order valence-corrected chi connectivity index (χ4v) is 2.04. The molecule has 1 heterocycles. The molecule has 0 spiro atoms. The Morgan fingerprint density at radius 3 is 2.26 bits per heavy atom. The minimum Gasteiger partial charge on any atom is -0.400 e. The highest BCUT2D eigenvalue weighted by molar-refractivity contribution is 6.52. The number of halogens is 2. The topological polar surface area (TPSA) is 18.5 Å². The first-order chi connectivity index (χ1) is 8.73. The molecule has 1 aromatic rings. The van der Waals surface area contributed by atoms with Crippen LogP contribution in [0.25, 0.3) is 6.08 Å². The quantitative estimate of drug-likeness (QED) is 0.760. The highest BCUT2D eigenvalue weighted by Gasteiger charge is 2.50. The monoisotopic (exact) mass is 282 g/mol. The molecule has 0 radical (unpaired) electrons. The first-order valence-corrected chi connectivity index (χ1v) is 6.58. The van der Waals surface area contributed by atoms with E-state index in [4.69, 9.17) is 20.9 Å². The molecule has 0 aromatic heterocycles. The van der Waals surface area contributed by atoms with Gasteiger partial charge in [-0.3, -0.25) is 0 Å². The van der Waals surface area contributed by atoms with Gasteiger partial charge in [-0.05, 0) is 39.8 Å². The first-order valence-electron chi connectivity index (χ1n) is 6.21. The molecular formula is C14H17BClFO2. The van der Waals surface area contributed by atoms with E-state index >= 15 is 0 Å². The van der Waals surface area contributed by atoms with Crippen LogP contribution < -0.4 is 0 Å². The maximum Gasteiger partial charge on any atom is 0.487 e. The largest absolute Gasteiger partial charge is 0.487 e. The SMILES string of the molecule is CC1(C)OB(C=Cc2c(F)cccc2Cl)OC1(C)C. The van der Waals surface area contributed by atoms with Gasteiger partial charge in [0, 0.05) is 5.56 Å². The second kappa shape index (κ2) is 4.93.